The van der Waals surface area contributed by atoms with Gasteiger partial charge in [0.05, 0.1) is 12.8 Å². The Morgan fingerprint density at radius 1 is 1.38 bits per heavy atom. The number of fused-ring (bicyclic) bond motifs is 1. The molecule has 0 saturated heterocycles. The van der Waals surface area contributed by atoms with Gasteiger partial charge in [-0.05, 0) is 38.6 Å². The maximum atomic E-state index is 5.81. The molecule has 5 nitrogen and oxygen atoms in total. The highest BCUT2D eigenvalue weighted by molar-refractivity contribution is 6.05. The number of hydrogen-bond acceptors (Lipinski definition) is 5. The maximum absolute atomic E-state index is 5.81. The van der Waals surface area contributed by atoms with Crippen LogP contribution in [0, 0.1) is 5.92 Å². The fourth-order valence-corrected chi connectivity index (χ4v) is 2.35. The molecule has 21 heavy (non-hydrogen) atoms. The fraction of sp³-hybridized carbons (Fsp3) is 0.562. The summed E-state index contributed by atoms with van der Waals surface area (Å²) in [7, 11) is 3.77. The highest BCUT2D eigenvalue weighted by Crippen LogP contribution is 2.30. The first-order valence-corrected chi connectivity index (χ1v) is 7.70. The number of anilines is 1. The van der Waals surface area contributed by atoms with Crippen LogP contribution < -0.4 is 15.9 Å². The van der Waals surface area contributed by atoms with Gasteiger partial charge in [-0.2, -0.15) is 0 Å². The van der Waals surface area contributed by atoms with E-state index in [0.29, 0.717) is 11.6 Å². The van der Waals surface area contributed by atoms with Gasteiger partial charge in [0.1, 0.15) is 0 Å². The number of hydroxylamine groups is 1. The number of hydrazone groups is 1. The Balaban J connectivity index is 0.00000106. The van der Waals surface area contributed by atoms with Crippen LogP contribution in [0.4, 0.5) is 5.69 Å². The van der Waals surface area contributed by atoms with Crippen molar-refractivity contribution in [3.63, 3.8) is 0 Å². The molecule has 0 aromatic heterocycles. The summed E-state index contributed by atoms with van der Waals surface area (Å²) in [4.78, 5) is 5.59. The molecule has 1 aromatic carbocycles. The van der Waals surface area contributed by atoms with Gasteiger partial charge in [0.2, 0.25) is 0 Å². The Kier molecular flexibility index (Phi) is 7.02. The summed E-state index contributed by atoms with van der Waals surface area (Å²) in [5, 5.41) is 9.25. The molecule has 0 amide bonds. The van der Waals surface area contributed by atoms with E-state index in [1.165, 1.54) is 5.17 Å². The van der Waals surface area contributed by atoms with Gasteiger partial charge in [-0.3, -0.25) is 0 Å². The van der Waals surface area contributed by atoms with E-state index < -0.39 is 0 Å². The van der Waals surface area contributed by atoms with Gasteiger partial charge in [-0.15, -0.1) is 10.3 Å². The Labute approximate surface area is 128 Å². The van der Waals surface area contributed by atoms with Crippen LogP contribution in [0.15, 0.2) is 23.3 Å². The second kappa shape index (κ2) is 8.52. The topological polar surface area (TPSA) is 62.9 Å². The quantitative estimate of drug-likeness (QED) is 0.819. The van der Waals surface area contributed by atoms with Crippen LogP contribution in [0.3, 0.4) is 0 Å². The van der Waals surface area contributed by atoms with Gasteiger partial charge < -0.3 is 15.9 Å². The first kappa shape index (κ1) is 17.3. The molecular formula is C16H28N4O. The number of nitrogens with two attached hydrogens (primary N) is 1. The first-order valence-electron chi connectivity index (χ1n) is 7.70. The standard InChI is InChI=1S/C14H22N4O.C2H6/c1-4-10(7-8-16-2)14-12-6-5-11(15)9-13(12)19-18(3)17-14;1-2/h5-6,9-10,16H,4,7-8,15H2,1-3H3;1-2H3. The third-order valence-electron chi connectivity index (χ3n) is 3.38. The van der Waals surface area contributed by atoms with Crippen LogP contribution in [0.25, 0.3) is 0 Å². The Morgan fingerprint density at radius 2 is 2.10 bits per heavy atom. The van der Waals surface area contributed by atoms with E-state index in [-0.39, 0.29) is 0 Å². The summed E-state index contributed by atoms with van der Waals surface area (Å²) in [5.41, 5.74) is 8.65. The third-order valence-corrected chi connectivity index (χ3v) is 3.38. The largest absolute Gasteiger partial charge is 0.399 e. The SMILES string of the molecule is CC.CCC(CCNC)C1=NN(C)Oc2cc(N)ccc21. The van der Waals surface area contributed by atoms with Crippen LogP contribution in [0.5, 0.6) is 5.75 Å². The Morgan fingerprint density at radius 3 is 2.71 bits per heavy atom. The van der Waals surface area contributed by atoms with Gasteiger partial charge in [0.15, 0.2) is 5.75 Å². The smallest absolute Gasteiger partial charge is 0.168 e. The number of nitrogens with zero attached hydrogens (tertiary/aromatic N) is 2. The summed E-state index contributed by atoms with van der Waals surface area (Å²) in [5.74, 6) is 1.21. The second-order valence-corrected chi connectivity index (χ2v) is 4.79. The van der Waals surface area contributed by atoms with Gasteiger partial charge in [-0.1, -0.05) is 20.8 Å². The average molecular weight is 292 g/mol. The number of rotatable bonds is 5. The summed E-state index contributed by atoms with van der Waals surface area (Å²) in [6.45, 7) is 7.17. The highest BCUT2D eigenvalue weighted by atomic mass is 16.7. The molecule has 1 aliphatic heterocycles. The lowest BCUT2D eigenvalue weighted by Crippen LogP contribution is -2.30. The zero-order chi connectivity index (χ0) is 15.8. The molecule has 1 unspecified atom stereocenters. The van der Waals surface area contributed by atoms with Crippen LogP contribution in [-0.2, 0) is 0 Å². The van der Waals surface area contributed by atoms with Gasteiger partial charge in [0, 0.05) is 23.2 Å². The predicted octanol–water partition coefficient (Wildman–Crippen LogP) is 2.87. The molecule has 1 atom stereocenters. The molecule has 0 spiro atoms. The number of hydrogen-bond donors (Lipinski definition) is 2. The molecule has 3 N–H and O–H groups in total. The molecule has 1 aliphatic rings. The van der Waals surface area contributed by atoms with Crippen LogP contribution in [-0.4, -0.2) is 31.5 Å². The van der Waals surface area contributed by atoms with E-state index in [1.54, 1.807) is 7.05 Å². The number of benzene rings is 1. The molecule has 1 aromatic rings. The molecule has 2 rings (SSSR count). The summed E-state index contributed by atoms with van der Waals surface area (Å²) >= 11 is 0. The van der Waals surface area contributed by atoms with Crippen LogP contribution >= 0.6 is 0 Å². The molecule has 1 heterocycles. The van der Waals surface area contributed by atoms with Crippen LogP contribution in [0.1, 0.15) is 39.2 Å². The average Bonchev–Trinajstić information content (AvgIpc) is 2.49. The maximum Gasteiger partial charge on any atom is 0.168 e. The predicted molar refractivity (Wildman–Crippen MR) is 89.5 cm³/mol. The van der Waals surface area contributed by atoms with Gasteiger partial charge >= 0.3 is 0 Å². The van der Waals surface area contributed by atoms with E-state index in [4.69, 9.17) is 10.6 Å². The van der Waals surface area contributed by atoms with E-state index in [2.05, 4.69) is 17.3 Å². The minimum absolute atomic E-state index is 0.418. The number of nitrogen functional groups attached to an aromatic ring is 1. The van der Waals surface area contributed by atoms with Gasteiger partial charge in [-0.25, -0.2) is 0 Å². The lowest BCUT2D eigenvalue weighted by atomic mass is 9.90. The summed E-state index contributed by atoms with van der Waals surface area (Å²) < 4.78 is 0. The van der Waals surface area contributed by atoms with Gasteiger partial charge in [0.25, 0.3) is 0 Å². The van der Waals surface area contributed by atoms with Crippen molar-refractivity contribution in [3.8, 4) is 5.75 Å². The third kappa shape index (κ3) is 4.36. The summed E-state index contributed by atoms with van der Waals surface area (Å²) in [6, 6.07) is 5.75. The molecule has 0 radical (unpaired) electrons. The normalized spacial score (nSPS) is 14.3. The molecule has 0 fully saturated rings. The Bertz CT molecular complexity index is 473. The second-order valence-electron chi connectivity index (χ2n) is 4.79. The minimum Gasteiger partial charge on any atom is -0.399 e. The molecule has 0 bridgehead atoms. The Hall–Kier alpha value is -1.75. The van der Waals surface area contributed by atoms with Crippen molar-refractivity contribution in [3.05, 3.63) is 23.8 Å². The van der Waals surface area contributed by atoms with Crippen molar-refractivity contribution >= 4 is 11.4 Å². The molecule has 0 saturated carbocycles. The molecule has 5 heteroatoms. The molecular weight excluding hydrogens is 264 g/mol. The van der Waals surface area contributed by atoms with E-state index in [0.717, 1.165) is 36.4 Å². The summed E-state index contributed by atoms with van der Waals surface area (Å²) in [6.07, 6.45) is 2.11. The first-order chi connectivity index (χ1) is 10.2. The van der Waals surface area contributed by atoms with E-state index in [1.807, 2.05) is 39.1 Å². The molecule has 118 valence electrons. The fourth-order valence-electron chi connectivity index (χ4n) is 2.35. The number of nitrogens with one attached hydrogen (secondary N) is 1. The van der Waals surface area contributed by atoms with E-state index in [9.17, 15) is 0 Å². The van der Waals surface area contributed by atoms with Crippen molar-refractivity contribution in [1.82, 2.24) is 10.5 Å². The van der Waals surface area contributed by atoms with Crippen LogP contribution in [0.2, 0.25) is 0 Å². The minimum atomic E-state index is 0.418. The van der Waals surface area contributed by atoms with Crippen molar-refractivity contribution < 1.29 is 4.84 Å². The van der Waals surface area contributed by atoms with Crippen molar-refractivity contribution in [1.29, 1.82) is 0 Å². The lowest BCUT2D eigenvalue weighted by molar-refractivity contribution is -0.0343. The zero-order valence-corrected chi connectivity index (χ0v) is 13.8. The highest BCUT2D eigenvalue weighted by Gasteiger charge is 2.24. The van der Waals surface area contributed by atoms with Crippen molar-refractivity contribution in [2.45, 2.75) is 33.6 Å². The van der Waals surface area contributed by atoms with E-state index >= 15 is 0 Å². The van der Waals surface area contributed by atoms with Crippen molar-refractivity contribution in [2.75, 3.05) is 26.4 Å². The molecule has 0 aliphatic carbocycles. The monoisotopic (exact) mass is 292 g/mol. The van der Waals surface area contributed by atoms with Crippen molar-refractivity contribution in [2.24, 2.45) is 11.0 Å². The zero-order valence-electron chi connectivity index (χ0n) is 13.8. The lowest BCUT2D eigenvalue weighted by Gasteiger charge is -2.28.